The van der Waals surface area contributed by atoms with Crippen molar-refractivity contribution in [1.82, 2.24) is 19.7 Å². The van der Waals surface area contributed by atoms with Crippen LogP contribution in [0.2, 0.25) is 0 Å². The van der Waals surface area contributed by atoms with Gasteiger partial charge in [0.25, 0.3) is 6.01 Å². The van der Waals surface area contributed by atoms with E-state index >= 15 is 0 Å². The number of benzene rings is 2. The third-order valence-electron chi connectivity index (χ3n) is 4.45. The van der Waals surface area contributed by atoms with Crippen molar-refractivity contribution in [2.75, 3.05) is 11.9 Å². The van der Waals surface area contributed by atoms with E-state index in [0.717, 1.165) is 22.4 Å². The topological polar surface area (TPSA) is 98.0 Å². The second-order valence-electron chi connectivity index (χ2n) is 6.50. The van der Waals surface area contributed by atoms with Crippen LogP contribution in [0.1, 0.15) is 18.1 Å². The number of aryl methyl sites for hydroxylation is 1. The maximum absolute atomic E-state index is 11.8. The van der Waals surface area contributed by atoms with E-state index in [4.69, 9.17) is 9.15 Å². The molecule has 148 valence electrons. The zero-order valence-corrected chi connectivity index (χ0v) is 16.2. The number of oxazole rings is 1. The van der Waals surface area contributed by atoms with E-state index in [1.807, 2.05) is 50.2 Å². The second kappa shape index (κ2) is 8.15. The average molecular weight is 391 g/mol. The van der Waals surface area contributed by atoms with Crippen LogP contribution in [0.3, 0.4) is 0 Å². The Balaban J connectivity index is 1.57. The second-order valence-corrected chi connectivity index (χ2v) is 6.50. The van der Waals surface area contributed by atoms with Gasteiger partial charge in [0.15, 0.2) is 5.76 Å². The number of rotatable bonds is 7. The van der Waals surface area contributed by atoms with Crippen LogP contribution >= 0.6 is 0 Å². The molecular formula is C21H21N5O3. The maximum Gasteiger partial charge on any atom is 0.347 e. The molecule has 0 bridgehead atoms. The van der Waals surface area contributed by atoms with Crippen molar-refractivity contribution in [3.8, 4) is 17.0 Å². The summed E-state index contributed by atoms with van der Waals surface area (Å²) in [4.78, 5) is 18.6. The molecular weight excluding hydrogens is 370 g/mol. The average Bonchev–Trinajstić information content (AvgIpc) is 3.38. The Morgan fingerprint density at radius 1 is 1.24 bits per heavy atom. The Kier molecular flexibility index (Phi) is 5.26. The number of H-pyrrole nitrogens is 1. The van der Waals surface area contributed by atoms with E-state index in [1.54, 1.807) is 12.3 Å². The van der Waals surface area contributed by atoms with Gasteiger partial charge in [-0.15, -0.1) is 0 Å². The summed E-state index contributed by atoms with van der Waals surface area (Å²) in [7, 11) is 0. The largest absolute Gasteiger partial charge is 0.423 e. The van der Waals surface area contributed by atoms with Crippen LogP contribution in [-0.2, 0) is 11.3 Å². The summed E-state index contributed by atoms with van der Waals surface area (Å²) in [5.41, 5.74) is 4.18. The molecule has 0 saturated carbocycles. The zero-order chi connectivity index (χ0) is 20.2. The lowest BCUT2D eigenvalue weighted by atomic mass is 10.1. The predicted molar refractivity (Wildman–Crippen MR) is 109 cm³/mol. The fourth-order valence-corrected chi connectivity index (χ4v) is 2.92. The smallest absolute Gasteiger partial charge is 0.347 e. The van der Waals surface area contributed by atoms with Crippen molar-refractivity contribution in [1.29, 1.82) is 0 Å². The summed E-state index contributed by atoms with van der Waals surface area (Å²) >= 11 is 0. The molecule has 0 aliphatic carbocycles. The Bertz CT molecular complexity index is 1170. The highest BCUT2D eigenvalue weighted by molar-refractivity contribution is 5.63. The molecule has 0 atom stereocenters. The van der Waals surface area contributed by atoms with Crippen molar-refractivity contribution >= 4 is 11.7 Å². The molecule has 2 aromatic heterocycles. The quantitative estimate of drug-likeness (QED) is 0.497. The summed E-state index contributed by atoms with van der Waals surface area (Å²) < 4.78 is 12.6. The van der Waals surface area contributed by atoms with E-state index in [-0.39, 0.29) is 5.69 Å². The number of nitrogens with zero attached hydrogens (tertiary/aromatic N) is 3. The van der Waals surface area contributed by atoms with Crippen molar-refractivity contribution in [3.05, 3.63) is 76.6 Å². The Morgan fingerprint density at radius 3 is 2.93 bits per heavy atom. The minimum absolute atomic E-state index is 0.301. The molecule has 4 aromatic rings. The van der Waals surface area contributed by atoms with Gasteiger partial charge < -0.3 is 14.5 Å². The molecule has 0 spiro atoms. The molecule has 8 heteroatoms. The monoisotopic (exact) mass is 391 g/mol. The fourth-order valence-electron chi connectivity index (χ4n) is 2.92. The van der Waals surface area contributed by atoms with Gasteiger partial charge in [-0.25, -0.2) is 9.78 Å². The summed E-state index contributed by atoms with van der Waals surface area (Å²) in [5.74, 6) is 0.584. The van der Waals surface area contributed by atoms with E-state index in [2.05, 4.69) is 20.4 Å². The first kappa shape index (κ1) is 18.7. The van der Waals surface area contributed by atoms with Gasteiger partial charge in [0.1, 0.15) is 6.33 Å². The maximum atomic E-state index is 11.8. The van der Waals surface area contributed by atoms with Crippen LogP contribution in [0.5, 0.6) is 0 Å². The van der Waals surface area contributed by atoms with Crippen LogP contribution < -0.4 is 11.0 Å². The van der Waals surface area contributed by atoms with Crippen molar-refractivity contribution in [3.63, 3.8) is 0 Å². The van der Waals surface area contributed by atoms with Crippen molar-refractivity contribution < 1.29 is 9.15 Å². The van der Waals surface area contributed by atoms with E-state index in [0.29, 0.717) is 30.7 Å². The van der Waals surface area contributed by atoms with Gasteiger partial charge in [0, 0.05) is 17.9 Å². The first-order valence-corrected chi connectivity index (χ1v) is 9.27. The van der Waals surface area contributed by atoms with Crippen LogP contribution in [-0.4, -0.2) is 26.4 Å². The lowest BCUT2D eigenvalue weighted by Gasteiger charge is -2.09. The van der Waals surface area contributed by atoms with Crippen LogP contribution in [0.15, 0.2) is 64.2 Å². The zero-order valence-electron chi connectivity index (χ0n) is 16.2. The molecule has 0 aliphatic rings. The molecule has 8 nitrogen and oxygen atoms in total. The molecule has 0 saturated heterocycles. The number of aromatic amines is 1. The molecule has 4 rings (SSSR count). The highest BCUT2D eigenvalue weighted by Gasteiger charge is 2.10. The SMILES string of the molecule is CCOCc1ccc(C)c(Nc2ncc(-c3cccc(-n4nc[nH]c4=O)c3)o2)c1. The third-order valence-corrected chi connectivity index (χ3v) is 4.45. The van der Waals surface area contributed by atoms with Crippen LogP contribution in [0.25, 0.3) is 17.0 Å². The predicted octanol–water partition coefficient (Wildman–Crippen LogP) is 3.80. The highest BCUT2D eigenvalue weighted by Crippen LogP contribution is 2.27. The first-order valence-electron chi connectivity index (χ1n) is 9.27. The van der Waals surface area contributed by atoms with Gasteiger partial charge >= 0.3 is 5.69 Å². The lowest BCUT2D eigenvalue weighted by Crippen LogP contribution is -2.15. The van der Waals surface area contributed by atoms with Crippen LogP contribution in [0, 0.1) is 6.92 Å². The van der Waals surface area contributed by atoms with Gasteiger partial charge in [-0.3, -0.25) is 4.98 Å². The number of nitrogens with one attached hydrogen (secondary N) is 2. The minimum atomic E-state index is -0.301. The summed E-state index contributed by atoms with van der Waals surface area (Å²) in [6, 6.07) is 13.8. The molecule has 0 radical (unpaired) electrons. The Morgan fingerprint density at radius 2 is 2.14 bits per heavy atom. The van der Waals surface area contributed by atoms with Crippen molar-refractivity contribution in [2.24, 2.45) is 0 Å². The number of anilines is 2. The molecule has 2 heterocycles. The number of ether oxygens (including phenoxy) is 1. The number of hydrogen-bond donors (Lipinski definition) is 2. The molecule has 29 heavy (non-hydrogen) atoms. The minimum Gasteiger partial charge on any atom is -0.423 e. The molecule has 0 aliphatic heterocycles. The number of aromatic nitrogens is 4. The summed E-state index contributed by atoms with van der Waals surface area (Å²) in [6.07, 6.45) is 3.00. The standard InChI is InChI=1S/C21H21N5O3/c1-3-28-12-15-8-7-14(2)18(9-15)25-20-22-11-19(29-20)16-5-4-6-17(10-16)26-21(27)23-13-24-26/h4-11,13H,3,12H2,1-2H3,(H,22,25)(H,23,24,27). The Labute approximate surface area is 167 Å². The van der Waals surface area contributed by atoms with Gasteiger partial charge in [0.2, 0.25) is 0 Å². The molecule has 0 unspecified atom stereocenters. The van der Waals surface area contributed by atoms with Gasteiger partial charge in [-0.2, -0.15) is 9.78 Å². The summed E-state index contributed by atoms with van der Waals surface area (Å²) in [5, 5.41) is 7.23. The normalized spacial score (nSPS) is 11.0. The van der Waals surface area contributed by atoms with Crippen LogP contribution in [0.4, 0.5) is 11.7 Å². The third kappa shape index (κ3) is 4.12. The van der Waals surface area contributed by atoms with E-state index in [9.17, 15) is 4.79 Å². The number of hydrogen-bond acceptors (Lipinski definition) is 6. The van der Waals surface area contributed by atoms with E-state index in [1.165, 1.54) is 11.0 Å². The fraction of sp³-hybridized carbons (Fsp3) is 0.190. The Hall–Kier alpha value is -3.65. The van der Waals surface area contributed by atoms with Gasteiger partial charge in [-0.1, -0.05) is 24.3 Å². The molecule has 2 aromatic carbocycles. The summed E-state index contributed by atoms with van der Waals surface area (Å²) in [6.45, 7) is 5.21. The molecule has 2 N–H and O–H groups in total. The van der Waals surface area contributed by atoms with Gasteiger partial charge in [0.05, 0.1) is 18.5 Å². The molecule has 0 fully saturated rings. The highest BCUT2D eigenvalue weighted by atomic mass is 16.5. The first-order chi connectivity index (χ1) is 14.1. The molecule has 0 amide bonds. The lowest BCUT2D eigenvalue weighted by molar-refractivity contribution is 0.134. The van der Waals surface area contributed by atoms with Crippen molar-refractivity contribution in [2.45, 2.75) is 20.5 Å². The van der Waals surface area contributed by atoms with E-state index < -0.39 is 0 Å². The van der Waals surface area contributed by atoms with Gasteiger partial charge in [-0.05, 0) is 43.2 Å².